The van der Waals surface area contributed by atoms with Crippen molar-refractivity contribution in [2.45, 2.75) is 141 Å². The zero-order chi connectivity index (χ0) is 46.8. The van der Waals surface area contributed by atoms with Crippen LogP contribution in [0.1, 0.15) is 104 Å². The number of carbonyl (C=O) groups excluding carboxylic acids is 7. The predicted molar refractivity (Wildman–Crippen MR) is 234 cm³/mol. The molecule has 0 spiro atoms. The second kappa shape index (κ2) is 25.3. The maximum absolute atomic E-state index is 14.2. The Morgan fingerprint density at radius 2 is 1.38 bits per heavy atom. The molecule has 2 aromatic rings. The molecule has 3 rings (SSSR count). The summed E-state index contributed by atoms with van der Waals surface area (Å²) in [6.07, 6.45) is 2.84. The van der Waals surface area contributed by atoms with E-state index in [1.54, 1.807) is 19.1 Å². The van der Waals surface area contributed by atoms with Crippen molar-refractivity contribution >= 4 is 64.0 Å². The van der Waals surface area contributed by atoms with E-state index in [2.05, 4.69) is 31.9 Å². The molecule has 0 unspecified atom stereocenters. The number of nitrogens with zero attached hydrogens (tertiary/aromatic N) is 1. The molecule has 0 saturated carbocycles. The molecule has 0 radical (unpaired) electrons. The fourth-order valence-electron chi connectivity index (χ4n) is 7.35. The van der Waals surface area contributed by atoms with Gasteiger partial charge in [-0.05, 0) is 115 Å². The Bertz CT molecular complexity index is 2010. The number of fused-ring (bicyclic) bond motifs is 1. The van der Waals surface area contributed by atoms with Gasteiger partial charge in [-0.2, -0.15) is 0 Å². The molecule has 20 heteroatoms. The molecular formula is C43H65N9O11. The number of carboxylic acid groups (broad SMARTS) is 1. The lowest BCUT2D eigenvalue weighted by Crippen LogP contribution is -2.59. The summed E-state index contributed by atoms with van der Waals surface area (Å²) >= 11 is 0. The second-order valence-electron chi connectivity index (χ2n) is 16.4. The SMILES string of the molecule is CC(=O)N[C@@H](CCC(=O)O)C(=O)N[C@@H](C)C(=O)N[C@@H](CC(C)C)C(=O)N1CCC[C@H]1C(=O)N[C@@H](CCCCN)C(=O)N[C@@H](CCCCN)C(=O)Nc1ccc2c(C)cc(=O)oc2c1. The van der Waals surface area contributed by atoms with E-state index in [4.69, 9.17) is 21.0 Å². The lowest BCUT2D eigenvalue weighted by Gasteiger charge is -2.31. The van der Waals surface area contributed by atoms with Crippen LogP contribution in [0, 0.1) is 12.8 Å². The van der Waals surface area contributed by atoms with Crippen molar-refractivity contribution in [2.75, 3.05) is 25.0 Å². The molecule has 0 bridgehead atoms. The van der Waals surface area contributed by atoms with E-state index >= 15 is 0 Å². The van der Waals surface area contributed by atoms with Crippen LogP contribution in [0.25, 0.3) is 11.0 Å². The minimum absolute atomic E-state index is 0.0871. The highest BCUT2D eigenvalue weighted by molar-refractivity contribution is 6.00. The molecular weight excluding hydrogens is 819 g/mol. The van der Waals surface area contributed by atoms with Gasteiger partial charge in [-0.1, -0.05) is 13.8 Å². The number of aliphatic carboxylic acids is 1. The number of amides is 7. The first kappa shape index (κ1) is 51.5. The van der Waals surface area contributed by atoms with Crippen LogP contribution in [-0.4, -0.2) is 113 Å². The van der Waals surface area contributed by atoms with Gasteiger partial charge in [0.1, 0.15) is 41.8 Å². The van der Waals surface area contributed by atoms with Crippen LogP contribution in [0.15, 0.2) is 33.5 Å². The van der Waals surface area contributed by atoms with E-state index in [1.807, 2.05) is 13.8 Å². The maximum atomic E-state index is 14.2. The van der Waals surface area contributed by atoms with E-state index in [0.717, 1.165) is 0 Å². The van der Waals surface area contributed by atoms with Crippen LogP contribution in [0.5, 0.6) is 0 Å². The quantitative estimate of drug-likeness (QED) is 0.0490. The Morgan fingerprint density at radius 3 is 1.98 bits per heavy atom. The third kappa shape index (κ3) is 16.4. The molecule has 1 aromatic heterocycles. The smallest absolute Gasteiger partial charge is 0.336 e. The minimum Gasteiger partial charge on any atom is -0.481 e. The lowest BCUT2D eigenvalue weighted by molar-refractivity contribution is -0.143. The number of likely N-dealkylation sites (tertiary alicyclic amines) is 1. The van der Waals surface area contributed by atoms with Gasteiger partial charge in [-0.25, -0.2) is 4.79 Å². The molecule has 1 aliphatic heterocycles. The molecule has 7 amide bonds. The highest BCUT2D eigenvalue weighted by Gasteiger charge is 2.40. The van der Waals surface area contributed by atoms with Crippen LogP contribution in [-0.2, 0) is 38.4 Å². The number of nitrogens with two attached hydrogens (primary N) is 2. The topological polar surface area (TPSA) is 314 Å². The first-order chi connectivity index (χ1) is 29.8. The van der Waals surface area contributed by atoms with Gasteiger partial charge in [0.15, 0.2) is 0 Å². The fourth-order valence-corrected chi connectivity index (χ4v) is 7.35. The summed E-state index contributed by atoms with van der Waals surface area (Å²) in [6, 6.07) is -0.346. The highest BCUT2D eigenvalue weighted by Crippen LogP contribution is 2.23. The van der Waals surface area contributed by atoms with E-state index in [0.29, 0.717) is 61.8 Å². The fraction of sp³-hybridized carbons (Fsp3) is 0.605. The number of unbranched alkanes of at least 4 members (excludes halogenated alkanes) is 2. The van der Waals surface area contributed by atoms with Crippen LogP contribution in [0.2, 0.25) is 0 Å². The minimum atomic E-state index is -1.21. The van der Waals surface area contributed by atoms with Gasteiger partial charge >= 0.3 is 11.6 Å². The Morgan fingerprint density at radius 1 is 0.778 bits per heavy atom. The number of carboxylic acids is 1. The molecule has 348 valence electrons. The molecule has 1 aromatic carbocycles. The number of hydrogen-bond donors (Lipinski definition) is 9. The summed E-state index contributed by atoms with van der Waals surface area (Å²) in [4.78, 5) is 118. The summed E-state index contributed by atoms with van der Waals surface area (Å²) < 4.78 is 5.33. The van der Waals surface area contributed by atoms with E-state index in [9.17, 15) is 43.2 Å². The first-order valence-electron chi connectivity index (χ1n) is 21.6. The third-order valence-electron chi connectivity index (χ3n) is 10.6. The average molecular weight is 884 g/mol. The summed E-state index contributed by atoms with van der Waals surface area (Å²) in [5, 5.41) is 25.7. The van der Waals surface area contributed by atoms with Crippen molar-refractivity contribution in [1.29, 1.82) is 0 Å². The molecule has 1 fully saturated rings. The number of carbonyl (C=O) groups is 8. The predicted octanol–water partition coefficient (Wildman–Crippen LogP) is 0.664. The van der Waals surface area contributed by atoms with Crippen molar-refractivity contribution < 1.29 is 47.9 Å². The highest BCUT2D eigenvalue weighted by atomic mass is 16.4. The van der Waals surface area contributed by atoms with Gasteiger partial charge in [0.05, 0.1) is 0 Å². The van der Waals surface area contributed by atoms with Crippen molar-refractivity contribution in [3.8, 4) is 0 Å². The van der Waals surface area contributed by atoms with Crippen LogP contribution in [0.3, 0.4) is 0 Å². The van der Waals surface area contributed by atoms with Gasteiger partial charge in [0.2, 0.25) is 41.4 Å². The first-order valence-corrected chi connectivity index (χ1v) is 21.6. The van der Waals surface area contributed by atoms with Crippen LogP contribution < -0.4 is 49.0 Å². The van der Waals surface area contributed by atoms with Crippen LogP contribution >= 0.6 is 0 Å². The van der Waals surface area contributed by atoms with Crippen LogP contribution in [0.4, 0.5) is 5.69 Å². The summed E-state index contributed by atoms with van der Waals surface area (Å²) in [5.74, 6) is -5.59. The zero-order valence-corrected chi connectivity index (χ0v) is 36.9. The van der Waals surface area contributed by atoms with E-state index in [1.165, 1.54) is 30.9 Å². The van der Waals surface area contributed by atoms with Crippen molar-refractivity contribution in [3.63, 3.8) is 0 Å². The molecule has 0 aliphatic carbocycles. The molecule has 11 N–H and O–H groups in total. The summed E-state index contributed by atoms with van der Waals surface area (Å²) in [5.41, 5.74) is 12.3. The van der Waals surface area contributed by atoms with Gasteiger partial charge in [-0.15, -0.1) is 0 Å². The normalized spacial score (nSPS) is 16.0. The summed E-state index contributed by atoms with van der Waals surface area (Å²) in [7, 11) is 0. The standard InChI is InChI=1S/C43H65N9O11/c1-24(2)21-33(51-38(57)26(4)46-39(58)32(47-27(5)53)16-17-36(54)55)43(62)52-20-10-13-34(52)42(61)50-31(12-7-9-19-45)41(60)49-30(11-6-8-18-44)40(59)48-28-14-15-29-25(3)22-37(56)63-35(29)23-28/h14-15,22-24,26,30-34H,6-13,16-21,44-45H2,1-5H3,(H,46,58)(H,47,53)(H,48,59)(H,49,60)(H,50,61)(H,51,57)(H,54,55)/t26-,30-,31-,32-,33-,34-/m0/s1. The summed E-state index contributed by atoms with van der Waals surface area (Å²) in [6.45, 7) is 8.93. The Hall–Kier alpha value is -5.89. The Kier molecular flexibility index (Phi) is 20.6. The molecule has 1 saturated heterocycles. The largest absolute Gasteiger partial charge is 0.481 e. The van der Waals surface area contributed by atoms with Gasteiger partial charge in [0, 0.05) is 43.1 Å². The van der Waals surface area contributed by atoms with Crippen molar-refractivity contribution in [3.05, 3.63) is 40.2 Å². The Labute approximate surface area is 366 Å². The van der Waals surface area contributed by atoms with Crippen molar-refractivity contribution in [2.24, 2.45) is 17.4 Å². The number of rotatable bonds is 25. The molecule has 1 aliphatic rings. The van der Waals surface area contributed by atoms with E-state index < -0.39 is 95.6 Å². The lowest BCUT2D eigenvalue weighted by atomic mass is 10.0. The number of nitrogens with one attached hydrogen (secondary N) is 6. The number of aryl methyl sites for hydroxylation is 1. The molecule has 2 heterocycles. The van der Waals surface area contributed by atoms with Gasteiger partial charge in [-0.3, -0.25) is 38.4 Å². The zero-order valence-electron chi connectivity index (χ0n) is 36.9. The Balaban J connectivity index is 1.77. The third-order valence-corrected chi connectivity index (χ3v) is 10.6. The van der Waals surface area contributed by atoms with Gasteiger partial charge < -0.3 is 57.8 Å². The van der Waals surface area contributed by atoms with Gasteiger partial charge in [0.25, 0.3) is 0 Å². The number of anilines is 1. The molecule has 6 atom stereocenters. The second-order valence-corrected chi connectivity index (χ2v) is 16.4. The number of hydrogen-bond acceptors (Lipinski definition) is 12. The maximum Gasteiger partial charge on any atom is 0.336 e. The van der Waals surface area contributed by atoms with E-state index in [-0.39, 0.29) is 50.1 Å². The molecule has 63 heavy (non-hydrogen) atoms. The average Bonchev–Trinajstić information content (AvgIpc) is 3.71. The molecule has 20 nitrogen and oxygen atoms in total. The van der Waals surface area contributed by atoms with Crippen molar-refractivity contribution in [1.82, 2.24) is 31.5 Å². The monoisotopic (exact) mass is 883 g/mol. The number of benzene rings is 1.